The van der Waals surface area contributed by atoms with E-state index in [9.17, 15) is 4.39 Å². The molecule has 1 aromatic carbocycles. The predicted octanol–water partition coefficient (Wildman–Crippen LogP) is 2.32. The summed E-state index contributed by atoms with van der Waals surface area (Å²) < 4.78 is 13.0. The molecule has 4 nitrogen and oxygen atoms in total. The van der Waals surface area contributed by atoms with Crippen LogP contribution in [0.5, 0.6) is 0 Å². The second-order valence-electron chi connectivity index (χ2n) is 5.46. The summed E-state index contributed by atoms with van der Waals surface area (Å²) in [5.41, 5.74) is 1.92. The Hall–Kier alpha value is -2.01. The Kier molecular flexibility index (Phi) is 4.10. The predicted molar refractivity (Wildman–Crippen MR) is 80.8 cm³/mol. The van der Waals surface area contributed by atoms with Crippen LogP contribution in [0.4, 0.5) is 10.2 Å². The SMILES string of the molecule is CN1CCC1CNc1nccnc1Cc1ccc(F)cc1. The lowest BCUT2D eigenvalue weighted by Gasteiger charge is -2.38. The van der Waals surface area contributed by atoms with Crippen molar-refractivity contribution in [1.29, 1.82) is 0 Å². The normalized spacial score (nSPS) is 18.3. The highest BCUT2D eigenvalue weighted by molar-refractivity contribution is 5.42. The number of nitrogens with zero attached hydrogens (tertiary/aromatic N) is 3. The van der Waals surface area contributed by atoms with E-state index in [0.29, 0.717) is 12.5 Å². The molecule has 1 aromatic heterocycles. The fourth-order valence-electron chi connectivity index (χ4n) is 2.48. The van der Waals surface area contributed by atoms with Crippen molar-refractivity contribution in [3.8, 4) is 0 Å². The van der Waals surface area contributed by atoms with Crippen LogP contribution in [-0.4, -0.2) is 41.0 Å². The molecular weight excluding hydrogens is 267 g/mol. The maximum atomic E-state index is 13.0. The van der Waals surface area contributed by atoms with Crippen LogP contribution in [0.3, 0.4) is 0 Å². The van der Waals surface area contributed by atoms with Crippen LogP contribution in [0.2, 0.25) is 0 Å². The fraction of sp³-hybridized carbons (Fsp3) is 0.375. The van der Waals surface area contributed by atoms with Gasteiger partial charge in [0.2, 0.25) is 0 Å². The molecular formula is C16H19FN4. The van der Waals surface area contributed by atoms with E-state index < -0.39 is 0 Å². The third-order valence-electron chi connectivity index (χ3n) is 4.00. The van der Waals surface area contributed by atoms with E-state index in [4.69, 9.17) is 0 Å². The summed E-state index contributed by atoms with van der Waals surface area (Å²) >= 11 is 0. The molecule has 110 valence electrons. The molecule has 1 unspecified atom stereocenters. The van der Waals surface area contributed by atoms with E-state index in [1.54, 1.807) is 24.5 Å². The molecule has 1 aliphatic rings. The molecule has 0 radical (unpaired) electrons. The minimum Gasteiger partial charge on any atom is -0.367 e. The van der Waals surface area contributed by atoms with E-state index in [2.05, 4.69) is 27.2 Å². The summed E-state index contributed by atoms with van der Waals surface area (Å²) in [6.45, 7) is 2.04. The summed E-state index contributed by atoms with van der Waals surface area (Å²) in [6, 6.07) is 7.09. The highest BCUT2D eigenvalue weighted by Gasteiger charge is 2.23. The number of benzene rings is 1. The van der Waals surface area contributed by atoms with Crippen molar-refractivity contribution in [2.24, 2.45) is 0 Å². The zero-order valence-electron chi connectivity index (χ0n) is 12.1. The van der Waals surface area contributed by atoms with Crippen molar-refractivity contribution in [2.75, 3.05) is 25.5 Å². The van der Waals surface area contributed by atoms with E-state index in [-0.39, 0.29) is 5.82 Å². The molecule has 2 heterocycles. The molecule has 0 aliphatic carbocycles. The highest BCUT2D eigenvalue weighted by Crippen LogP contribution is 2.18. The summed E-state index contributed by atoms with van der Waals surface area (Å²) in [5, 5.41) is 3.39. The monoisotopic (exact) mass is 286 g/mol. The largest absolute Gasteiger partial charge is 0.367 e. The Morgan fingerprint density at radius 3 is 2.67 bits per heavy atom. The minimum atomic E-state index is -0.218. The number of aromatic nitrogens is 2. The smallest absolute Gasteiger partial charge is 0.148 e. The molecule has 5 heteroatoms. The molecule has 2 aromatic rings. The number of rotatable bonds is 5. The molecule has 21 heavy (non-hydrogen) atoms. The van der Waals surface area contributed by atoms with Gasteiger partial charge in [0, 0.05) is 31.4 Å². The fourth-order valence-corrected chi connectivity index (χ4v) is 2.48. The quantitative estimate of drug-likeness (QED) is 0.916. The summed E-state index contributed by atoms with van der Waals surface area (Å²) in [7, 11) is 2.13. The number of hydrogen-bond acceptors (Lipinski definition) is 4. The molecule has 1 N–H and O–H groups in total. The second kappa shape index (κ2) is 6.18. The first-order valence-corrected chi connectivity index (χ1v) is 7.21. The van der Waals surface area contributed by atoms with Crippen LogP contribution in [0.1, 0.15) is 17.7 Å². The van der Waals surface area contributed by atoms with Crippen LogP contribution < -0.4 is 5.32 Å². The minimum absolute atomic E-state index is 0.218. The lowest BCUT2D eigenvalue weighted by Crippen LogP contribution is -2.48. The Morgan fingerprint density at radius 2 is 2.00 bits per heavy atom. The van der Waals surface area contributed by atoms with Gasteiger partial charge in [0.05, 0.1) is 5.69 Å². The number of likely N-dealkylation sites (tertiary alicyclic amines) is 1. The molecule has 0 bridgehead atoms. The van der Waals surface area contributed by atoms with Gasteiger partial charge in [0.25, 0.3) is 0 Å². The lowest BCUT2D eigenvalue weighted by molar-refractivity contribution is 0.137. The van der Waals surface area contributed by atoms with Crippen molar-refractivity contribution in [2.45, 2.75) is 18.9 Å². The van der Waals surface area contributed by atoms with E-state index in [1.807, 2.05) is 0 Å². The number of hydrogen-bond donors (Lipinski definition) is 1. The third-order valence-corrected chi connectivity index (χ3v) is 4.00. The van der Waals surface area contributed by atoms with Gasteiger partial charge in [-0.3, -0.25) is 4.98 Å². The van der Waals surface area contributed by atoms with E-state index >= 15 is 0 Å². The van der Waals surface area contributed by atoms with Crippen LogP contribution in [0.25, 0.3) is 0 Å². The molecule has 0 saturated carbocycles. The first kappa shape index (κ1) is 13.9. The number of likely N-dealkylation sites (N-methyl/N-ethyl adjacent to an activating group) is 1. The Labute approximate surface area is 124 Å². The Balaban J connectivity index is 1.68. The van der Waals surface area contributed by atoms with Gasteiger partial charge >= 0.3 is 0 Å². The standard InChI is InChI=1S/C16H19FN4/c1-21-9-6-14(21)11-20-16-15(18-7-8-19-16)10-12-2-4-13(17)5-3-12/h2-5,7-8,14H,6,9-11H2,1H3,(H,19,20). The van der Waals surface area contributed by atoms with Crippen molar-refractivity contribution >= 4 is 5.82 Å². The van der Waals surface area contributed by atoms with Crippen LogP contribution in [0, 0.1) is 5.82 Å². The van der Waals surface area contributed by atoms with Gasteiger partial charge in [-0.25, -0.2) is 9.37 Å². The summed E-state index contributed by atoms with van der Waals surface area (Å²) in [4.78, 5) is 11.1. The van der Waals surface area contributed by atoms with E-state index in [1.165, 1.54) is 18.6 Å². The molecule has 1 aliphatic heterocycles. The molecule has 0 spiro atoms. The highest BCUT2D eigenvalue weighted by atomic mass is 19.1. The van der Waals surface area contributed by atoms with Gasteiger partial charge < -0.3 is 10.2 Å². The number of anilines is 1. The van der Waals surface area contributed by atoms with Gasteiger partial charge in [-0.1, -0.05) is 12.1 Å². The molecule has 1 fully saturated rings. The van der Waals surface area contributed by atoms with Gasteiger partial charge in [-0.05, 0) is 37.7 Å². The maximum absolute atomic E-state index is 13.0. The van der Waals surface area contributed by atoms with Gasteiger partial charge in [0.15, 0.2) is 0 Å². The number of nitrogens with one attached hydrogen (secondary N) is 1. The van der Waals surface area contributed by atoms with Crippen LogP contribution >= 0.6 is 0 Å². The van der Waals surface area contributed by atoms with E-state index in [0.717, 1.165) is 30.2 Å². The zero-order chi connectivity index (χ0) is 14.7. The van der Waals surface area contributed by atoms with Crippen molar-refractivity contribution in [3.63, 3.8) is 0 Å². The summed E-state index contributed by atoms with van der Waals surface area (Å²) in [6.07, 6.45) is 5.26. The second-order valence-corrected chi connectivity index (χ2v) is 5.46. The number of halogens is 1. The molecule has 1 atom stereocenters. The van der Waals surface area contributed by atoms with Gasteiger partial charge in [-0.15, -0.1) is 0 Å². The van der Waals surface area contributed by atoms with Crippen molar-refractivity contribution in [1.82, 2.24) is 14.9 Å². The van der Waals surface area contributed by atoms with Crippen molar-refractivity contribution < 1.29 is 4.39 Å². The first-order valence-electron chi connectivity index (χ1n) is 7.21. The lowest BCUT2D eigenvalue weighted by atomic mass is 10.0. The topological polar surface area (TPSA) is 41.0 Å². The Bertz CT molecular complexity index is 599. The van der Waals surface area contributed by atoms with Crippen LogP contribution in [0.15, 0.2) is 36.7 Å². The zero-order valence-corrected chi connectivity index (χ0v) is 12.1. The van der Waals surface area contributed by atoms with Gasteiger partial charge in [-0.2, -0.15) is 0 Å². The molecule has 3 rings (SSSR count). The molecule has 0 amide bonds. The van der Waals surface area contributed by atoms with Crippen LogP contribution in [-0.2, 0) is 6.42 Å². The maximum Gasteiger partial charge on any atom is 0.148 e. The average Bonchev–Trinajstić information content (AvgIpc) is 2.50. The summed E-state index contributed by atoms with van der Waals surface area (Å²) in [5.74, 6) is 0.603. The van der Waals surface area contributed by atoms with Crippen molar-refractivity contribution in [3.05, 3.63) is 53.7 Å². The average molecular weight is 286 g/mol. The van der Waals surface area contributed by atoms with Gasteiger partial charge in [0.1, 0.15) is 11.6 Å². The third kappa shape index (κ3) is 3.36. The Morgan fingerprint density at radius 1 is 1.24 bits per heavy atom. The molecule has 1 saturated heterocycles. The first-order chi connectivity index (χ1) is 10.2.